The van der Waals surface area contributed by atoms with Gasteiger partial charge in [-0.2, -0.15) is 0 Å². The summed E-state index contributed by atoms with van der Waals surface area (Å²) < 4.78 is 0. The Morgan fingerprint density at radius 2 is 2.00 bits per heavy atom. The summed E-state index contributed by atoms with van der Waals surface area (Å²) in [5, 5.41) is 0. The highest BCUT2D eigenvalue weighted by atomic mass is 16.1. The molecule has 0 radical (unpaired) electrons. The molecular weight excluding hydrogens is 192 g/mol. The minimum absolute atomic E-state index is 0.0728. The van der Waals surface area contributed by atoms with Gasteiger partial charge in [-0.1, -0.05) is 0 Å². The number of piperazine rings is 1. The van der Waals surface area contributed by atoms with E-state index in [1.54, 1.807) is 0 Å². The number of nitrogens with one attached hydrogen (secondary N) is 1. The van der Waals surface area contributed by atoms with Gasteiger partial charge in [0.15, 0.2) is 0 Å². The number of hydrogen-bond acceptors (Lipinski definition) is 4. The van der Waals surface area contributed by atoms with Crippen molar-refractivity contribution in [3.8, 4) is 0 Å². The van der Waals surface area contributed by atoms with Gasteiger partial charge in [-0.15, -0.1) is 0 Å². The van der Waals surface area contributed by atoms with Gasteiger partial charge in [-0.25, -0.2) is 4.98 Å². The molecule has 1 fully saturated rings. The molecule has 0 amide bonds. The van der Waals surface area contributed by atoms with Gasteiger partial charge < -0.3 is 9.80 Å². The first kappa shape index (κ1) is 10.2. The topological polar surface area (TPSA) is 52.2 Å². The van der Waals surface area contributed by atoms with Crippen molar-refractivity contribution in [2.45, 2.75) is 6.92 Å². The number of H-pyrrole nitrogens is 1. The fraction of sp³-hybridized carbons (Fsp3) is 0.600. The van der Waals surface area contributed by atoms with Crippen molar-refractivity contribution in [3.63, 3.8) is 0 Å². The second-order valence-corrected chi connectivity index (χ2v) is 4.00. The van der Waals surface area contributed by atoms with Crippen LogP contribution in [0, 0.1) is 6.92 Å². The summed E-state index contributed by atoms with van der Waals surface area (Å²) >= 11 is 0. The number of rotatable bonds is 1. The van der Waals surface area contributed by atoms with E-state index in [1.807, 2.05) is 6.92 Å². The van der Waals surface area contributed by atoms with Gasteiger partial charge in [-0.3, -0.25) is 9.78 Å². The number of aromatic nitrogens is 2. The maximum absolute atomic E-state index is 11.3. The molecule has 5 heteroatoms. The number of aryl methyl sites for hydroxylation is 1. The van der Waals surface area contributed by atoms with E-state index >= 15 is 0 Å². The molecule has 5 nitrogen and oxygen atoms in total. The molecule has 82 valence electrons. The summed E-state index contributed by atoms with van der Waals surface area (Å²) in [4.78, 5) is 22.8. The van der Waals surface area contributed by atoms with Crippen LogP contribution in [0.25, 0.3) is 0 Å². The van der Waals surface area contributed by atoms with E-state index < -0.39 is 0 Å². The van der Waals surface area contributed by atoms with Crippen LogP contribution in [-0.4, -0.2) is 48.1 Å². The zero-order valence-corrected chi connectivity index (χ0v) is 9.16. The molecule has 0 unspecified atom stereocenters. The molecule has 0 spiro atoms. The summed E-state index contributed by atoms with van der Waals surface area (Å²) in [6, 6.07) is 1.51. The Balaban J connectivity index is 2.19. The highest BCUT2D eigenvalue weighted by Crippen LogP contribution is 2.08. The number of likely N-dealkylation sites (N-methyl/N-ethyl adjacent to an activating group) is 1. The second-order valence-electron chi connectivity index (χ2n) is 4.00. The summed E-state index contributed by atoms with van der Waals surface area (Å²) in [5.41, 5.74) is 0.698. The molecular formula is C10H16N4O. The third-order valence-corrected chi connectivity index (χ3v) is 2.66. The number of nitrogens with zero attached hydrogens (tertiary/aromatic N) is 3. The smallest absolute Gasteiger partial charge is 0.252 e. The second kappa shape index (κ2) is 4.02. The first-order valence-corrected chi connectivity index (χ1v) is 5.16. The molecule has 2 rings (SSSR count). The minimum Gasteiger partial charge on any atom is -0.340 e. The van der Waals surface area contributed by atoms with Crippen LogP contribution in [-0.2, 0) is 0 Å². The molecule has 0 bridgehead atoms. The Bertz CT molecular complexity index is 393. The van der Waals surface area contributed by atoms with Crippen LogP contribution in [0.5, 0.6) is 0 Å². The molecule has 1 saturated heterocycles. The molecule has 0 saturated carbocycles. The van der Waals surface area contributed by atoms with Gasteiger partial charge in [0.2, 0.25) is 5.95 Å². The minimum atomic E-state index is -0.0728. The Morgan fingerprint density at radius 3 is 2.60 bits per heavy atom. The van der Waals surface area contributed by atoms with E-state index in [1.165, 1.54) is 6.07 Å². The van der Waals surface area contributed by atoms with E-state index in [9.17, 15) is 4.79 Å². The number of anilines is 1. The lowest BCUT2D eigenvalue weighted by molar-refractivity contribution is 0.311. The Kier molecular flexibility index (Phi) is 2.73. The summed E-state index contributed by atoms with van der Waals surface area (Å²) in [7, 11) is 2.10. The molecule has 1 aromatic rings. The van der Waals surface area contributed by atoms with E-state index in [0.717, 1.165) is 31.9 Å². The lowest BCUT2D eigenvalue weighted by Crippen LogP contribution is -2.45. The molecule has 1 aliphatic heterocycles. The fourth-order valence-corrected chi connectivity index (χ4v) is 1.73. The standard InChI is InChI=1S/C10H16N4O/c1-8-7-9(15)12-10(11-8)14-5-3-13(2)4-6-14/h7H,3-6H2,1-2H3,(H,11,12,15). The summed E-state index contributed by atoms with van der Waals surface area (Å²) in [6.07, 6.45) is 0. The van der Waals surface area contributed by atoms with Gasteiger partial charge in [-0.05, 0) is 14.0 Å². The van der Waals surface area contributed by atoms with Crippen molar-refractivity contribution in [2.24, 2.45) is 0 Å². The predicted octanol–water partition coefficient (Wildman–Crippen LogP) is -0.170. The van der Waals surface area contributed by atoms with Crippen molar-refractivity contribution in [1.82, 2.24) is 14.9 Å². The van der Waals surface area contributed by atoms with Crippen LogP contribution >= 0.6 is 0 Å². The number of aromatic amines is 1. The predicted molar refractivity (Wildman–Crippen MR) is 59.3 cm³/mol. The molecule has 0 atom stereocenters. The van der Waals surface area contributed by atoms with Gasteiger partial charge >= 0.3 is 0 Å². The fourth-order valence-electron chi connectivity index (χ4n) is 1.73. The van der Waals surface area contributed by atoms with E-state index in [0.29, 0.717) is 5.95 Å². The van der Waals surface area contributed by atoms with Crippen LogP contribution in [0.3, 0.4) is 0 Å². The summed E-state index contributed by atoms with van der Waals surface area (Å²) in [6.45, 7) is 5.70. The van der Waals surface area contributed by atoms with Crippen molar-refractivity contribution >= 4 is 5.95 Å². The van der Waals surface area contributed by atoms with Crippen LogP contribution < -0.4 is 10.5 Å². The largest absolute Gasteiger partial charge is 0.340 e. The molecule has 1 aliphatic rings. The Hall–Kier alpha value is -1.36. The zero-order valence-electron chi connectivity index (χ0n) is 9.16. The maximum atomic E-state index is 11.3. The highest BCUT2D eigenvalue weighted by Gasteiger charge is 2.15. The average molecular weight is 208 g/mol. The zero-order chi connectivity index (χ0) is 10.8. The number of hydrogen-bond donors (Lipinski definition) is 1. The average Bonchev–Trinajstić information content (AvgIpc) is 2.17. The molecule has 2 heterocycles. The lowest BCUT2D eigenvalue weighted by atomic mass is 10.3. The monoisotopic (exact) mass is 208 g/mol. The first-order valence-electron chi connectivity index (χ1n) is 5.16. The van der Waals surface area contributed by atoms with Gasteiger partial charge in [0, 0.05) is 37.9 Å². The van der Waals surface area contributed by atoms with Crippen molar-refractivity contribution < 1.29 is 0 Å². The van der Waals surface area contributed by atoms with Crippen molar-refractivity contribution in [1.29, 1.82) is 0 Å². The van der Waals surface area contributed by atoms with Crippen LogP contribution in [0.2, 0.25) is 0 Å². The van der Waals surface area contributed by atoms with Crippen LogP contribution in [0.4, 0.5) is 5.95 Å². The van der Waals surface area contributed by atoms with Crippen molar-refractivity contribution in [3.05, 3.63) is 22.1 Å². The Morgan fingerprint density at radius 1 is 1.33 bits per heavy atom. The summed E-state index contributed by atoms with van der Waals surface area (Å²) in [5.74, 6) is 0.702. The SMILES string of the molecule is Cc1cc(=O)[nH]c(N2CCN(C)CC2)n1. The van der Waals surface area contributed by atoms with Gasteiger partial charge in [0.1, 0.15) is 0 Å². The van der Waals surface area contributed by atoms with Gasteiger partial charge in [0.25, 0.3) is 5.56 Å². The van der Waals surface area contributed by atoms with Crippen LogP contribution in [0.1, 0.15) is 5.69 Å². The van der Waals surface area contributed by atoms with Gasteiger partial charge in [0.05, 0.1) is 0 Å². The maximum Gasteiger partial charge on any atom is 0.252 e. The van der Waals surface area contributed by atoms with E-state index in [-0.39, 0.29) is 5.56 Å². The normalized spacial score (nSPS) is 18.1. The Labute approximate surface area is 88.7 Å². The third-order valence-electron chi connectivity index (χ3n) is 2.66. The first-order chi connectivity index (χ1) is 7.15. The van der Waals surface area contributed by atoms with E-state index in [2.05, 4.69) is 26.8 Å². The highest BCUT2D eigenvalue weighted by molar-refractivity contribution is 5.30. The van der Waals surface area contributed by atoms with E-state index in [4.69, 9.17) is 0 Å². The molecule has 1 N–H and O–H groups in total. The quantitative estimate of drug-likeness (QED) is 0.696. The lowest BCUT2D eigenvalue weighted by Gasteiger charge is -2.32. The third kappa shape index (κ3) is 2.36. The van der Waals surface area contributed by atoms with Crippen LogP contribution in [0.15, 0.2) is 10.9 Å². The molecule has 15 heavy (non-hydrogen) atoms. The van der Waals surface area contributed by atoms with Crippen molar-refractivity contribution in [2.75, 3.05) is 38.1 Å². The molecule has 1 aromatic heterocycles. The molecule has 0 aliphatic carbocycles. The molecule has 0 aromatic carbocycles.